The number of aliphatic hydroxyl groups excluding tert-OH is 1. The average molecular weight is 545 g/mol. The highest BCUT2D eigenvalue weighted by Gasteiger charge is 2.43. The fourth-order valence-corrected chi connectivity index (χ4v) is 5.12. The Hall–Kier alpha value is -3.90. The van der Waals surface area contributed by atoms with Gasteiger partial charge in [0.15, 0.2) is 11.5 Å². The third-order valence-electron chi connectivity index (χ3n) is 7.02. The summed E-state index contributed by atoms with van der Waals surface area (Å²) in [6.45, 7) is 2.49. The maximum Gasteiger partial charge on any atom is 0.436 e. The topological polar surface area (TPSA) is 105 Å². The highest BCUT2D eigenvalue weighted by Crippen LogP contribution is 2.44. The Morgan fingerprint density at radius 3 is 2.74 bits per heavy atom. The summed E-state index contributed by atoms with van der Waals surface area (Å²) in [6.07, 6.45) is -2.09. The Kier molecular flexibility index (Phi) is 7.08. The number of hydrogen-bond donors (Lipinski definition) is 2. The zero-order valence-electron chi connectivity index (χ0n) is 20.8. The number of aliphatic hydroxyl groups is 1. The lowest BCUT2D eigenvalue weighted by Crippen LogP contribution is -2.48. The Morgan fingerprint density at radius 1 is 1.21 bits per heavy atom. The molecule has 0 bridgehead atoms. The minimum atomic E-state index is -5.04. The van der Waals surface area contributed by atoms with Crippen molar-refractivity contribution in [1.29, 1.82) is 0 Å². The summed E-state index contributed by atoms with van der Waals surface area (Å²) in [4.78, 5) is 34.8. The predicted octanol–water partition coefficient (Wildman–Crippen LogP) is 4.32. The quantitative estimate of drug-likeness (QED) is 0.464. The summed E-state index contributed by atoms with van der Waals surface area (Å²) >= 11 is 0. The molecule has 204 valence electrons. The lowest BCUT2D eigenvalue weighted by Gasteiger charge is -2.40. The van der Waals surface area contributed by atoms with Crippen molar-refractivity contribution in [2.45, 2.75) is 25.4 Å². The van der Waals surface area contributed by atoms with E-state index in [1.807, 2.05) is 13.0 Å². The Morgan fingerprint density at radius 2 is 2.00 bits per heavy atom. The average Bonchev–Trinajstić information content (AvgIpc) is 2.91. The molecule has 1 fully saturated rings. The minimum absolute atomic E-state index is 0.101. The first-order valence-corrected chi connectivity index (χ1v) is 12.2. The molecule has 0 spiro atoms. The number of alkyl halides is 3. The molecule has 3 aromatic rings. The van der Waals surface area contributed by atoms with Crippen molar-refractivity contribution in [2.24, 2.45) is 5.92 Å². The van der Waals surface area contributed by atoms with E-state index in [1.54, 1.807) is 24.4 Å². The fourth-order valence-electron chi connectivity index (χ4n) is 5.12. The molecule has 39 heavy (non-hydrogen) atoms. The van der Waals surface area contributed by atoms with Gasteiger partial charge in [-0.3, -0.25) is 14.5 Å². The van der Waals surface area contributed by atoms with Gasteiger partial charge < -0.3 is 15.2 Å². The van der Waals surface area contributed by atoms with Gasteiger partial charge in [-0.25, -0.2) is 14.4 Å². The molecule has 1 aromatic carbocycles. The lowest BCUT2D eigenvalue weighted by molar-refractivity contribution is -0.143. The second-order valence-electron chi connectivity index (χ2n) is 9.43. The largest absolute Gasteiger partial charge is 0.436 e. The third kappa shape index (κ3) is 4.97. The zero-order valence-corrected chi connectivity index (χ0v) is 20.8. The molecule has 0 saturated carbocycles. The maximum atomic E-state index is 14.4. The molecule has 0 radical (unpaired) electrons. The number of ether oxygens (including phenoxy) is 1. The Balaban J connectivity index is 1.48. The Labute approximate surface area is 220 Å². The molecule has 4 heterocycles. The van der Waals surface area contributed by atoms with Crippen molar-refractivity contribution in [2.75, 3.05) is 36.6 Å². The molecule has 5 rings (SSSR count). The van der Waals surface area contributed by atoms with Crippen molar-refractivity contribution in [3.05, 3.63) is 70.9 Å². The summed E-state index contributed by atoms with van der Waals surface area (Å²) in [7, 11) is 0. The number of halogens is 4. The summed E-state index contributed by atoms with van der Waals surface area (Å²) in [5, 5.41) is 12.0. The van der Waals surface area contributed by atoms with Crippen molar-refractivity contribution in [1.82, 2.24) is 9.97 Å². The summed E-state index contributed by atoms with van der Waals surface area (Å²) in [6, 6.07) is 7.71. The first-order chi connectivity index (χ1) is 18.6. The van der Waals surface area contributed by atoms with Gasteiger partial charge in [0, 0.05) is 36.2 Å². The monoisotopic (exact) mass is 544 g/mol. The molecule has 2 aliphatic rings. The second-order valence-corrected chi connectivity index (χ2v) is 9.43. The highest BCUT2D eigenvalue weighted by molar-refractivity contribution is 6.05. The number of rotatable bonds is 5. The summed E-state index contributed by atoms with van der Waals surface area (Å²) in [5.41, 5.74) is 0.745. The normalized spacial score (nSPS) is 18.9. The van der Waals surface area contributed by atoms with Crippen LogP contribution < -0.4 is 10.2 Å². The van der Waals surface area contributed by atoms with Crippen LogP contribution in [0.15, 0.2) is 42.7 Å². The van der Waals surface area contributed by atoms with E-state index in [0.29, 0.717) is 30.0 Å². The summed E-state index contributed by atoms with van der Waals surface area (Å²) in [5.74, 6) is -2.96. The van der Waals surface area contributed by atoms with Crippen LogP contribution in [0.2, 0.25) is 0 Å². The molecule has 2 amide bonds. The Bertz CT molecular complexity index is 1450. The van der Waals surface area contributed by atoms with Gasteiger partial charge in [0.1, 0.15) is 5.82 Å². The van der Waals surface area contributed by atoms with Crippen LogP contribution in [0.1, 0.15) is 39.5 Å². The number of fused-ring (bicyclic) bond motifs is 3. The molecule has 2 atom stereocenters. The van der Waals surface area contributed by atoms with Crippen molar-refractivity contribution in [3.63, 3.8) is 0 Å². The zero-order chi connectivity index (χ0) is 27.9. The molecule has 1 saturated heterocycles. The standard InChI is InChI=1S/C27H24F4N4O4/c1-14-2-3-16(34-25(37)18-4-6-32-23(22(18)28)27(29,30)31)11-19(14)15-10-20-17-5-9-39-13-21(17)26(38)35(7-8-36)24(20)33-12-15/h2-4,6,10-12,17,21,36H,5,7-9,13H2,1H3,(H,34,37)/t17-,21+/m0/s1. The number of benzene rings is 1. The number of carbonyl (C=O) groups is 2. The molecular formula is C27H24F4N4O4. The van der Waals surface area contributed by atoms with Gasteiger partial charge in [0.25, 0.3) is 5.91 Å². The number of aromatic nitrogens is 2. The molecule has 12 heteroatoms. The molecule has 0 aliphatic carbocycles. The number of nitrogens with one attached hydrogen (secondary N) is 1. The van der Waals surface area contributed by atoms with Crippen molar-refractivity contribution >= 4 is 23.3 Å². The van der Waals surface area contributed by atoms with E-state index in [0.717, 1.165) is 23.4 Å². The van der Waals surface area contributed by atoms with E-state index < -0.39 is 35.1 Å². The first kappa shape index (κ1) is 26.7. The molecule has 2 aliphatic heterocycles. The number of aryl methyl sites for hydroxylation is 1. The van der Waals surface area contributed by atoms with Crippen molar-refractivity contribution in [3.8, 4) is 11.1 Å². The van der Waals surface area contributed by atoms with E-state index in [9.17, 15) is 32.3 Å². The second kappa shape index (κ2) is 10.3. The van der Waals surface area contributed by atoms with Gasteiger partial charge in [0.05, 0.1) is 31.2 Å². The van der Waals surface area contributed by atoms with Crippen LogP contribution in [0, 0.1) is 18.7 Å². The van der Waals surface area contributed by atoms with E-state index in [1.165, 1.54) is 4.90 Å². The van der Waals surface area contributed by atoms with Gasteiger partial charge in [-0.15, -0.1) is 0 Å². The van der Waals surface area contributed by atoms with Crippen LogP contribution in [0.5, 0.6) is 0 Å². The van der Waals surface area contributed by atoms with Crippen LogP contribution in [0.3, 0.4) is 0 Å². The van der Waals surface area contributed by atoms with Crippen LogP contribution >= 0.6 is 0 Å². The van der Waals surface area contributed by atoms with Gasteiger partial charge in [-0.1, -0.05) is 6.07 Å². The number of pyridine rings is 2. The van der Waals surface area contributed by atoms with E-state index in [4.69, 9.17) is 4.74 Å². The maximum absolute atomic E-state index is 14.4. The SMILES string of the molecule is Cc1ccc(NC(=O)c2ccnc(C(F)(F)F)c2F)cc1-c1cnc2c(c1)[C@@H]1CCOC[C@H]1C(=O)N2CCO. The molecule has 0 unspecified atom stereocenters. The summed E-state index contributed by atoms with van der Waals surface area (Å²) < 4.78 is 59.1. The highest BCUT2D eigenvalue weighted by atomic mass is 19.4. The predicted molar refractivity (Wildman–Crippen MR) is 133 cm³/mol. The van der Waals surface area contributed by atoms with Crippen LogP contribution in [0.25, 0.3) is 11.1 Å². The van der Waals surface area contributed by atoms with E-state index in [2.05, 4.69) is 15.3 Å². The number of hydrogen-bond acceptors (Lipinski definition) is 6. The van der Waals surface area contributed by atoms with Crippen molar-refractivity contribution < 1.29 is 37.0 Å². The number of carbonyl (C=O) groups excluding carboxylic acids is 2. The van der Waals surface area contributed by atoms with Gasteiger partial charge >= 0.3 is 6.18 Å². The number of amides is 2. The van der Waals surface area contributed by atoms with Crippen LogP contribution in [0.4, 0.5) is 29.1 Å². The number of nitrogens with zero attached hydrogens (tertiary/aromatic N) is 3. The van der Waals surface area contributed by atoms with Gasteiger partial charge in [-0.05, 0) is 54.3 Å². The van der Waals surface area contributed by atoms with E-state index >= 15 is 0 Å². The molecular weight excluding hydrogens is 520 g/mol. The number of anilines is 2. The molecule has 2 N–H and O–H groups in total. The van der Waals surface area contributed by atoms with E-state index in [-0.39, 0.29) is 37.3 Å². The number of β-amino-alcohol motifs (C(OH)–C–C–N with tert-alkyl or cyclic N) is 1. The first-order valence-electron chi connectivity index (χ1n) is 12.2. The molecule has 2 aromatic heterocycles. The van der Waals surface area contributed by atoms with Crippen LogP contribution in [-0.2, 0) is 15.7 Å². The minimum Gasteiger partial charge on any atom is -0.395 e. The fraction of sp³-hybridized carbons (Fsp3) is 0.333. The lowest BCUT2D eigenvalue weighted by atomic mass is 9.78. The third-order valence-corrected chi connectivity index (χ3v) is 7.02. The van der Waals surface area contributed by atoms with Gasteiger partial charge in [0.2, 0.25) is 5.91 Å². The van der Waals surface area contributed by atoms with Crippen LogP contribution in [-0.4, -0.2) is 53.3 Å². The molecule has 8 nitrogen and oxygen atoms in total. The van der Waals surface area contributed by atoms with Gasteiger partial charge in [-0.2, -0.15) is 13.2 Å². The smallest absolute Gasteiger partial charge is 0.395 e.